The van der Waals surface area contributed by atoms with Crippen LogP contribution in [0.4, 0.5) is 4.79 Å². The highest BCUT2D eigenvalue weighted by Crippen LogP contribution is 2.54. The zero-order chi connectivity index (χ0) is 18.3. The van der Waals surface area contributed by atoms with E-state index in [2.05, 4.69) is 21.2 Å². The summed E-state index contributed by atoms with van der Waals surface area (Å²) < 4.78 is 30.3. The topological polar surface area (TPSA) is 89.5 Å². The van der Waals surface area contributed by atoms with Crippen molar-refractivity contribution in [2.75, 3.05) is 6.26 Å². The summed E-state index contributed by atoms with van der Waals surface area (Å²) in [6.07, 6.45) is 0.740. The Bertz CT molecular complexity index is 754. The Morgan fingerprint density at radius 3 is 2.25 bits per heavy atom. The van der Waals surface area contributed by atoms with E-state index in [1.165, 1.54) is 0 Å². The lowest BCUT2D eigenvalue weighted by Crippen LogP contribution is -2.45. The van der Waals surface area contributed by atoms with Gasteiger partial charge in [-0.1, -0.05) is 28.1 Å². The van der Waals surface area contributed by atoms with Gasteiger partial charge in [0, 0.05) is 16.6 Å². The molecule has 8 heteroatoms. The first-order chi connectivity index (χ1) is 10.9. The summed E-state index contributed by atoms with van der Waals surface area (Å²) in [5.74, 6) is -0.648. The number of carbonyl (C=O) groups is 2. The first-order valence-corrected chi connectivity index (χ1v) is 10.1. The summed E-state index contributed by atoms with van der Waals surface area (Å²) in [7, 11) is -3.56. The van der Waals surface area contributed by atoms with E-state index in [-0.39, 0.29) is 0 Å². The normalized spacial score (nSPS) is 26.5. The molecule has 1 aromatic carbocycles. The summed E-state index contributed by atoms with van der Waals surface area (Å²) in [5.41, 5.74) is -1.60. The van der Waals surface area contributed by atoms with E-state index >= 15 is 0 Å². The molecule has 0 saturated heterocycles. The van der Waals surface area contributed by atoms with Gasteiger partial charge in [-0.3, -0.25) is 0 Å². The molecule has 0 bridgehead atoms. The molecular weight excluding hydrogens is 398 g/mol. The van der Waals surface area contributed by atoms with Crippen LogP contribution in [0.3, 0.4) is 0 Å². The maximum Gasteiger partial charge on any atom is 0.408 e. The molecule has 1 aliphatic rings. The second kappa shape index (κ2) is 6.15. The number of hydrogen-bond acceptors (Lipinski definition) is 5. The smallest absolute Gasteiger partial charge is 0.408 e. The maximum atomic E-state index is 12.1. The Balaban J connectivity index is 2.36. The van der Waals surface area contributed by atoms with E-state index in [1.807, 2.05) is 0 Å². The van der Waals surface area contributed by atoms with Crippen molar-refractivity contribution in [3.8, 4) is 0 Å². The number of benzene rings is 1. The van der Waals surface area contributed by atoms with Gasteiger partial charge in [-0.2, -0.15) is 0 Å². The number of halogens is 1. The molecule has 1 aliphatic carbocycles. The van der Waals surface area contributed by atoms with Crippen molar-refractivity contribution in [3.05, 3.63) is 34.3 Å². The Morgan fingerprint density at radius 1 is 1.29 bits per heavy atom. The number of hydrogen-bond donors (Lipinski definition) is 1. The number of rotatable bonds is 4. The molecule has 1 saturated carbocycles. The van der Waals surface area contributed by atoms with E-state index in [0.29, 0.717) is 11.8 Å². The molecule has 6 nitrogen and oxygen atoms in total. The highest BCUT2D eigenvalue weighted by atomic mass is 79.9. The monoisotopic (exact) mass is 417 g/mol. The van der Waals surface area contributed by atoms with Crippen molar-refractivity contribution in [2.45, 2.75) is 43.1 Å². The minimum Gasteiger partial charge on any atom is -0.444 e. The van der Waals surface area contributed by atoms with Gasteiger partial charge in [0.25, 0.3) is 0 Å². The molecule has 0 heterocycles. The van der Waals surface area contributed by atoms with Crippen LogP contribution >= 0.6 is 15.9 Å². The third kappa shape index (κ3) is 3.80. The van der Waals surface area contributed by atoms with Crippen molar-refractivity contribution >= 4 is 38.1 Å². The van der Waals surface area contributed by atoms with Gasteiger partial charge in [0.1, 0.15) is 22.7 Å². The van der Waals surface area contributed by atoms with Crippen molar-refractivity contribution < 1.29 is 22.7 Å². The van der Waals surface area contributed by atoms with E-state index in [9.17, 15) is 18.0 Å². The number of ether oxygens (including phenoxy) is 1. The highest BCUT2D eigenvalue weighted by molar-refractivity contribution is 9.10. The van der Waals surface area contributed by atoms with Gasteiger partial charge in [-0.15, -0.1) is 0 Å². The quantitative estimate of drug-likeness (QED) is 0.759. The lowest BCUT2D eigenvalue weighted by atomic mass is 10.1. The third-order valence-corrected chi connectivity index (χ3v) is 5.90. The number of sulfone groups is 1. The van der Waals surface area contributed by atoms with Crippen LogP contribution in [-0.2, 0) is 19.4 Å². The van der Waals surface area contributed by atoms with Crippen LogP contribution in [0, 0.1) is 0 Å². The molecule has 132 valence electrons. The van der Waals surface area contributed by atoms with E-state index in [4.69, 9.17) is 4.74 Å². The second-order valence-electron chi connectivity index (χ2n) is 6.96. The molecule has 1 aromatic rings. The number of carbonyl (C=O) groups excluding carboxylic acids is 2. The Kier molecular flexibility index (Phi) is 4.85. The van der Waals surface area contributed by atoms with Crippen LogP contribution in [-0.4, -0.2) is 43.4 Å². The predicted molar refractivity (Wildman–Crippen MR) is 93.7 cm³/mol. The zero-order valence-corrected chi connectivity index (χ0v) is 16.3. The van der Waals surface area contributed by atoms with E-state index < -0.39 is 38.2 Å². The summed E-state index contributed by atoms with van der Waals surface area (Å²) in [6.45, 7) is 5.06. The molecule has 0 radical (unpaired) electrons. The van der Waals surface area contributed by atoms with Crippen LogP contribution in [0.15, 0.2) is 28.7 Å². The van der Waals surface area contributed by atoms with Gasteiger partial charge < -0.3 is 14.8 Å². The fourth-order valence-corrected chi connectivity index (χ4v) is 4.93. The summed E-state index contributed by atoms with van der Waals surface area (Å²) in [4.78, 5) is 23.8. The minimum atomic E-state index is -3.56. The first kappa shape index (κ1) is 18.9. The van der Waals surface area contributed by atoms with Gasteiger partial charge in [0.05, 0.1) is 0 Å². The zero-order valence-electron chi connectivity index (χ0n) is 13.9. The van der Waals surface area contributed by atoms with Gasteiger partial charge >= 0.3 is 6.09 Å². The number of nitrogens with one attached hydrogen (secondary N) is 1. The molecule has 1 fully saturated rings. The van der Waals surface area contributed by atoms with Crippen LogP contribution in [0.25, 0.3) is 0 Å². The standard InChI is InChI=1S/C16H20BrNO5S/c1-15(2,3)23-14(20)18-16(9-19)12(13(16)24(4,21)22)10-5-7-11(17)8-6-10/h5-9,12-13H,1-4H3,(H,18,20)/t12-,13+,16-/m1/s1. The van der Waals surface area contributed by atoms with Crippen molar-refractivity contribution in [2.24, 2.45) is 0 Å². The first-order valence-electron chi connectivity index (χ1n) is 7.32. The molecule has 0 aromatic heterocycles. The Labute approximate surface area is 150 Å². The van der Waals surface area contributed by atoms with E-state index in [1.54, 1.807) is 45.0 Å². The molecule has 24 heavy (non-hydrogen) atoms. The maximum absolute atomic E-state index is 12.1. The summed E-state index contributed by atoms with van der Waals surface area (Å²) >= 11 is 3.31. The van der Waals surface area contributed by atoms with Crippen LogP contribution < -0.4 is 5.32 Å². The molecule has 1 N–H and O–H groups in total. The molecule has 3 atom stereocenters. The molecule has 2 rings (SSSR count). The van der Waals surface area contributed by atoms with Gasteiger partial charge in [0.2, 0.25) is 0 Å². The summed E-state index contributed by atoms with van der Waals surface area (Å²) in [6, 6.07) is 6.98. The fourth-order valence-electron chi connectivity index (χ4n) is 2.90. The van der Waals surface area contributed by atoms with Gasteiger partial charge in [-0.25, -0.2) is 13.2 Å². The minimum absolute atomic E-state index is 0.495. The Morgan fingerprint density at radius 2 is 1.83 bits per heavy atom. The molecule has 1 amide bonds. The predicted octanol–water partition coefficient (Wildman–Crippen LogP) is 2.42. The van der Waals surface area contributed by atoms with Gasteiger partial charge in [-0.05, 0) is 38.5 Å². The van der Waals surface area contributed by atoms with Crippen molar-refractivity contribution in [1.82, 2.24) is 5.32 Å². The van der Waals surface area contributed by atoms with Crippen LogP contribution in [0.1, 0.15) is 32.3 Å². The highest BCUT2D eigenvalue weighted by Gasteiger charge is 2.71. The third-order valence-electron chi connectivity index (χ3n) is 3.78. The summed E-state index contributed by atoms with van der Waals surface area (Å²) in [5, 5.41) is 1.46. The number of amides is 1. The average molecular weight is 418 g/mol. The lowest BCUT2D eigenvalue weighted by Gasteiger charge is -2.22. The molecule has 0 unspecified atom stereocenters. The molecule has 0 aliphatic heterocycles. The second-order valence-corrected chi connectivity index (χ2v) is 10.0. The average Bonchev–Trinajstić information content (AvgIpc) is 3.06. The number of aldehydes is 1. The molecule has 0 spiro atoms. The van der Waals surface area contributed by atoms with Crippen molar-refractivity contribution in [1.29, 1.82) is 0 Å². The number of alkyl carbamates (subject to hydrolysis) is 1. The Hall–Kier alpha value is -1.41. The van der Waals surface area contributed by atoms with Gasteiger partial charge in [0.15, 0.2) is 9.84 Å². The largest absolute Gasteiger partial charge is 0.444 e. The fraction of sp³-hybridized carbons (Fsp3) is 0.500. The van der Waals surface area contributed by atoms with E-state index in [0.717, 1.165) is 10.7 Å². The van der Waals surface area contributed by atoms with Crippen LogP contribution in [0.5, 0.6) is 0 Å². The molecular formula is C16H20BrNO5S. The SMILES string of the molecule is CC(C)(C)OC(=O)N[C@]1(C=O)[C@H](c2ccc(Br)cc2)[C@@H]1S(C)(=O)=O. The van der Waals surface area contributed by atoms with Crippen LogP contribution in [0.2, 0.25) is 0 Å². The van der Waals surface area contributed by atoms with Crippen molar-refractivity contribution in [3.63, 3.8) is 0 Å². The lowest BCUT2D eigenvalue weighted by molar-refractivity contribution is -0.110.